The van der Waals surface area contributed by atoms with Crippen LogP contribution in [0.2, 0.25) is 0 Å². The van der Waals surface area contributed by atoms with E-state index in [0.717, 1.165) is 0 Å². The topological polar surface area (TPSA) is 0 Å². The van der Waals surface area contributed by atoms with Crippen molar-refractivity contribution >= 4 is 23.5 Å². The first-order chi connectivity index (χ1) is 3.93. The normalized spacial score (nSPS) is 19.4. The first-order valence-corrected chi connectivity index (χ1v) is 4.86. The fraction of sp³-hybridized carbons (Fsp3) is 0.667. The van der Waals surface area contributed by atoms with Gasteiger partial charge in [0, 0.05) is 15.7 Å². The Labute approximate surface area is 59.1 Å². The molecule has 1 saturated heterocycles. The standard InChI is InChI=1S/C6H10S2/c1-2-3-6-7-4-5-8-6/h3H,2,4-5H2,1H3. The number of rotatable bonds is 1. The van der Waals surface area contributed by atoms with E-state index in [9.17, 15) is 0 Å². The quantitative estimate of drug-likeness (QED) is 0.558. The average molecular weight is 146 g/mol. The second kappa shape index (κ2) is 3.46. The van der Waals surface area contributed by atoms with E-state index in [1.807, 2.05) is 23.5 Å². The van der Waals surface area contributed by atoms with Gasteiger partial charge in [0.2, 0.25) is 0 Å². The molecule has 2 heteroatoms. The van der Waals surface area contributed by atoms with Crippen molar-refractivity contribution in [1.82, 2.24) is 0 Å². The molecule has 0 bridgehead atoms. The highest BCUT2D eigenvalue weighted by Crippen LogP contribution is 2.35. The number of thioether (sulfide) groups is 2. The lowest BCUT2D eigenvalue weighted by molar-refractivity contribution is 1.23. The van der Waals surface area contributed by atoms with Gasteiger partial charge in [-0.25, -0.2) is 0 Å². The smallest absolute Gasteiger partial charge is 0.0361 e. The predicted molar refractivity (Wildman–Crippen MR) is 43.3 cm³/mol. The molecule has 1 heterocycles. The molecule has 1 fully saturated rings. The van der Waals surface area contributed by atoms with Gasteiger partial charge in [-0.2, -0.15) is 0 Å². The van der Waals surface area contributed by atoms with Crippen LogP contribution < -0.4 is 0 Å². The van der Waals surface area contributed by atoms with Crippen molar-refractivity contribution in [1.29, 1.82) is 0 Å². The maximum Gasteiger partial charge on any atom is 0.0361 e. The van der Waals surface area contributed by atoms with Gasteiger partial charge < -0.3 is 0 Å². The molecule has 0 nitrogen and oxygen atoms in total. The zero-order valence-corrected chi connectivity index (χ0v) is 6.65. The van der Waals surface area contributed by atoms with Crippen molar-refractivity contribution < 1.29 is 0 Å². The molecule has 8 heavy (non-hydrogen) atoms. The van der Waals surface area contributed by atoms with Crippen molar-refractivity contribution in [2.45, 2.75) is 13.3 Å². The van der Waals surface area contributed by atoms with E-state index < -0.39 is 0 Å². The molecule has 0 saturated carbocycles. The summed E-state index contributed by atoms with van der Waals surface area (Å²) in [6, 6.07) is 0. The second-order valence-corrected chi connectivity index (χ2v) is 4.16. The lowest BCUT2D eigenvalue weighted by atomic mass is 10.5. The Morgan fingerprint density at radius 3 is 2.62 bits per heavy atom. The van der Waals surface area contributed by atoms with Crippen molar-refractivity contribution in [3.05, 3.63) is 10.3 Å². The minimum Gasteiger partial charge on any atom is -0.119 e. The predicted octanol–water partition coefficient (Wildman–Crippen LogP) is 2.72. The van der Waals surface area contributed by atoms with Gasteiger partial charge in [-0.3, -0.25) is 0 Å². The van der Waals surface area contributed by atoms with Gasteiger partial charge in [-0.15, -0.1) is 23.5 Å². The molecule has 0 aromatic carbocycles. The highest BCUT2D eigenvalue weighted by Gasteiger charge is 2.05. The first-order valence-electron chi connectivity index (χ1n) is 2.89. The summed E-state index contributed by atoms with van der Waals surface area (Å²) in [5, 5.41) is 0. The van der Waals surface area contributed by atoms with Crippen LogP contribution in [0.25, 0.3) is 0 Å². The van der Waals surface area contributed by atoms with Crippen molar-refractivity contribution in [3.8, 4) is 0 Å². The zero-order valence-electron chi connectivity index (χ0n) is 5.02. The summed E-state index contributed by atoms with van der Waals surface area (Å²) >= 11 is 3.98. The van der Waals surface area contributed by atoms with Gasteiger partial charge in [0.1, 0.15) is 0 Å². The number of hydrogen-bond donors (Lipinski definition) is 0. The van der Waals surface area contributed by atoms with Gasteiger partial charge >= 0.3 is 0 Å². The number of allylic oxidation sites excluding steroid dienone is 1. The van der Waals surface area contributed by atoms with Crippen LogP contribution in [0.15, 0.2) is 10.3 Å². The summed E-state index contributed by atoms with van der Waals surface area (Å²) < 4.78 is 1.53. The van der Waals surface area contributed by atoms with Gasteiger partial charge in [0.25, 0.3) is 0 Å². The van der Waals surface area contributed by atoms with Gasteiger partial charge in [-0.1, -0.05) is 13.0 Å². The summed E-state index contributed by atoms with van der Waals surface area (Å²) in [7, 11) is 0. The Hall–Kier alpha value is 0.440. The minimum atomic E-state index is 1.19. The van der Waals surface area contributed by atoms with Crippen LogP contribution >= 0.6 is 23.5 Å². The van der Waals surface area contributed by atoms with Crippen LogP contribution in [0.3, 0.4) is 0 Å². The molecule has 0 spiro atoms. The summed E-state index contributed by atoms with van der Waals surface area (Å²) in [5.41, 5.74) is 0. The summed E-state index contributed by atoms with van der Waals surface area (Å²) in [6.45, 7) is 2.19. The van der Waals surface area contributed by atoms with Crippen LogP contribution in [-0.4, -0.2) is 11.5 Å². The van der Waals surface area contributed by atoms with E-state index in [1.165, 1.54) is 22.2 Å². The van der Waals surface area contributed by atoms with E-state index in [2.05, 4.69) is 13.0 Å². The molecule has 0 N–H and O–H groups in total. The summed E-state index contributed by atoms with van der Waals surface area (Å²) in [4.78, 5) is 0. The molecule has 1 rings (SSSR count). The summed E-state index contributed by atoms with van der Waals surface area (Å²) in [5.74, 6) is 2.63. The second-order valence-electron chi connectivity index (χ2n) is 1.63. The SMILES string of the molecule is CCC=C1SCCS1. The zero-order chi connectivity index (χ0) is 5.82. The van der Waals surface area contributed by atoms with Crippen LogP contribution in [0.4, 0.5) is 0 Å². The van der Waals surface area contributed by atoms with Crippen molar-refractivity contribution in [2.75, 3.05) is 11.5 Å². The Morgan fingerprint density at radius 2 is 2.12 bits per heavy atom. The molecule has 1 aliphatic rings. The highest BCUT2D eigenvalue weighted by molar-refractivity contribution is 8.25. The molecule has 46 valence electrons. The third kappa shape index (κ3) is 1.75. The summed E-state index contributed by atoms with van der Waals surface area (Å²) in [6.07, 6.45) is 3.50. The fourth-order valence-corrected chi connectivity index (χ4v) is 3.08. The van der Waals surface area contributed by atoms with Crippen LogP contribution in [-0.2, 0) is 0 Å². The lowest BCUT2D eigenvalue weighted by Gasteiger charge is -1.87. The van der Waals surface area contributed by atoms with E-state index in [0.29, 0.717) is 0 Å². The Kier molecular flexibility index (Phi) is 2.84. The number of hydrogen-bond acceptors (Lipinski definition) is 2. The van der Waals surface area contributed by atoms with Gasteiger partial charge in [-0.05, 0) is 6.42 Å². The maximum atomic E-state index is 2.31. The third-order valence-electron chi connectivity index (χ3n) is 0.943. The Morgan fingerprint density at radius 1 is 1.50 bits per heavy atom. The Balaban J connectivity index is 2.33. The van der Waals surface area contributed by atoms with Crippen LogP contribution in [0.5, 0.6) is 0 Å². The molecule has 0 amide bonds. The molecular weight excluding hydrogens is 136 g/mol. The largest absolute Gasteiger partial charge is 0.119 e. The molecule has 0 aliphatic carbocycles. The molecule has 1 aliphatic heterocycles. The minimum absolute atomic E-state index is 1.19. The van der Waals surface area contributed by atoms with E-state index in [4.69, 9.17) is 0 Å². The molecule has 0 unspecified atom stereocenters. The Bertz CT molecular complexity index is 88.7. The maximum absolute atomic E-state index is 2.31. The van der Waals surface area contributed by atoms with Crippen LogP contribution in [0, 0.1) is 0 Å². The molecule has 0 aromatic rings. The van der Waals surface area contributed by atoms with Crippen molar-refractivity contribution in [3.63, 3.8) is 0 Å². The average Bonchev–Trinajstić information content (AvgIpc) is 2.19. The highest BCUT2D eigenvalue weighted by atomic mass is 32.2. The van der Waals surface area contributed by atoms with Crippen molar-refractivity contribution in [2.24, 2.45) is 0 Å². The monoisotopic (exact) mass is 146 g/mol. The fourth-order valence-electron chi connectivity index (χ4n) is 0.611. The van der Waals surface area contributed by atoms with Crippen LogP contribution in [0.1, 0.15) is 13.3 Å². The van der Waals surface area contributed by atoms with E-state index >= 15 is 0 Å². The van der Waals surface area contributed by atoms with E-state index in [-0.39, 0.29) is 0 Å². The van der Waals surface area contributed by atoms with Gasteiger partial charge in [0.05, 0.1) is 0 Å². The van der Waals surface area contributed by atoms with E-state index in [1.54, 1.807) is 0 Å². The first kappa shape index (κ1) is 6.56. The molecule has 0 atom stereocenters. The molecular formula is C6H10S2. The molecule has 0 aromatic heterocycles. The van der Waals surface area contributed by atoms with Gasteiger partial charge in [0.15, 0.2) is 0 Å². The molecule has 0 radical (unpaired) electrons. The lowest BCUT2D eigenvalue weighted by Crippen LogP contribution is -1.64. The third-order valence-corrected chi connectivity index (χ3v) is 3.63.